The maximum atomic E-state index is 9.77. The van der Waals surface area contributed by atoms with Crippen LogP contribution >= 0.6 is 0 Å². The van der Waals surface area contributed by atoms with Gasteiger partial charge in [-0.1, -0.05) is 12.7 Å². The lowest BCUT2D eigenvalue weighted by Gasteiger charge is -2.30. The van der Waals surface area contributed by atoms with Gasteiger partial charge in [-0.2, -0.15) is 0 Å². The van der Waals surface area contributed by atoms with E-state index >= 15 is 0 Å². The number of hydrogen-bond donors (Lipinski definition) is 1. The van der Waals surface area contributed by atoms with Gasteiger partial charge >= 0.3 is 0 Å². The topological polar surface area (TPSA) is 38.7 Å². The number of rotatable bonds is 4. The smallest absolute Gasteiger partial charge is 0.202 e. The molecular weight excluding hydrogens is 204 g/mol. The van der Waals surface area contributed by atoms with Gasteiger partial charge in [-0.05, 0) is 26.3 Å². The fourth-order valence-electron chi connectivity index (χ4n) is 2.14. The normalized spacial score (nSPS) is 13.9. The molecule has 1 aromatic carbocycles. The molecule has 2 aliphatic heterocycles. The molecule has 1 unspecified atom stereocenters. The fraction of sp³-hybridized carbons (Fsp3) is 0.385. The van der Waals surface area contributed by atoms with Crippen LogP contribution in [0.15, 0.2) is 6.58 Å². The molecule has 3 rings (SSSR count). The Morgan fingerprint density at radius 1 is 1.50 bits per heavy atom. The summed E-state index contributed by atoms with van der Waals surface area (Å²) < 4.78 is 11.0. The maximum Gasteiger partial charge on any atom is 0.202 e. The highest BCUT2D eigenvalue weighted by atomic mass is 16.5. The third kappa shape index (κ3) is 1.32. The monoisotopic (exact) mass is 220 g/mol. The maximum absolute atomic E-state index is 9.77. The zero-order valence-electron chi connectivity index (χ0n) is 9.83. The second-order valence-corrected chi connectivity index (χ2v) is 3.86. The molecule has 0 fully saturated rings. The second-order valence-electron chi connectivity index (χ2n) is 3.86. The summed E-state index contributed by atoms with van der Waals surface area (Å²) >= 11 is 0. The number of ether oxygens (including phenoxy) is 2. The molecule has 3 nitrogen and oxygen atoms in total. The van der Waals surface area contributed by atoms with Crippen molar-refractivity contribution in [2.75, 3.05) is 6.61 Å². The van der Waals surface area contributed by atoms with Gasteiger partial charge in [-0.25, -0.2) is 0 Å². The number of hydrogen-bond acceptors (Lipinski definition) is 3. The van der Waals surface area contributed by atoms with E-state index in [9.17, 15) is 5.11 Å². The molecule has 1 aromatic rings. The quantitative estimate of drug-likeness (QED) is 0.856. The minimum atomic E-state index is -0.105. The lowest BCUT2D eigenvalue weighted by molar-refractivity contribution is 0.0732. The zero-order chi connectivity index (χ0) is 11.9. The van der Waals surface area contributed by atoms with Gasteiger partial charge < -0.3 is 14.6 Å². The zero-order valence-corrected chi connectivity index (χ0v) is 9.83. The van der Waals surface area contributed by atoms with Crippen LogP contribution in [0.25, 0.3) is 6.08 Å². The van der Waals surface area contributed by atoms with Crippen molar-refractivity contribution in [1.82, 2.24) is 0 Å². The van der Waals surface area contributed by atoms with E-state index in [4.69, 9.17) is 9.47 Å². The highest BCUT2D eigenvalue weighted by Crippen LogP contribution is 2.57. The first-order valence-corrected chi connectivity index (χ1v) is 5.43. The highest BCUT2D eigenvalue weighted by molar-refractivity contribution is 5.76. The van der Waals surface area contributed by atoms with Gasteiger partial charge in [0.15, 0.2) is 11.5 Å². The predicted octanol–water partition coefficient (Wildman–Crippen LogP) is 3.55. The first kappa shape index (κ1) is 11.0. The number of benzene rings is 1. The summed E-state index contributed by atoms with van der Waals surface area (Å²) in [5, 5.41) is 9.77. The third-order valence-corrected chi connectivity index (χ3v) is 2.94. The Morgan fingerprint density at radius 3 is 2.69 bits per heavy atom. The number of aromatic hydroxyl groups is 1. The SMILES string of the molecule is C=Cc1c(C)c2c(O)c(c1C(C)OCC)O2. The molecule has 2 aliphatic rings. The average molecular weight is 220 g/mol. The van der Waals surface area contributed by atoms with Gasteiger partial charge in [-0.3, -0.25) is 0 Å². The van der Waals surface area contributed by atoms with Crippen molar-refractivity contribution in [3.05, 3.63) is 23.3 Å². The van der Waals surface area contributed by atoms with Crippen molar-refractivity contribution in [1.29, 1.82) is 0 Å². The fourth-order valence-corrected chi connectivity index (χ4v) is 2.14. The summed E-state index contributed by atoms with van der Waals surface area (Å²) in [5.74, 6) is 1.35. The van der Waals surface area contributed by atoms with Crippen molar-refractivity contribution in [3.8, 4) is 17.2 Å². The summed E-state index contributed by atoms with van der Waals surface area (Å²) in [7, 11) is 0. The van der Waals surface area contributed by atoms with Crippen LogP contribution in [0.1, 0.15) is 36.6 Å². The summed E-state index contributed by atoms with van der Waals surface area (Å²) in [4.78, 5) is 0. The van der Waals surface area contributed by atoms with Crippen LogP contribution in [-0.4, -0.2) is 11.7 Å². The van der Waals surface area contributed by atoms with Crippen LogP contribution in [0, 0.1) is 6.92 Å². The van der Waals surface area contributed by atoms with Gasteiger partial charge in [-0.15, -0.1) is 0 Å². The van der Waals surface area contributed by atoms with E-state index < -0.39 is 0 Å². The largest absolute Gasteiger partial charge is 0.502 e. The van der Waals surface area contributed by atoms with Crippen molar-refractivity contribution in [2.45, 2.75) is 26.9 Å². The minimum Gasteiger partial charge on any atom is -0.502 e. The molecule has 1 atom stereocenters. The van der Waals surface area contributed by atoms with Crippen LogP contribution in [0.2, 0.25) is 0 Å². The van der Waals surface area contributed by atoms with Gasteiger partial charge in [0.2, 0.25) is 5.75 Å². The van der Waals surface area contributed by atoms with E-state index in [1.165, 1.54) is 0 Å². The van der Waals surface area contributed by atoms with E-state index in [0.717, 1.165) is 16.7 Å². The summed E-state index contributed by atoms with van der Waals surface area (Å²) in [6.45, 7) is 10.2. The number of phenolic OH excluding ortho intramolecular Hbond substituents is 1. The minimum absolute atomic E-state index is 0.105. The van der Waals surface area contributed by atoms with Crippen LogP contribution in [0.4, 0.5) is 0 Å². The Balaban J connectivity index is 2.56. The molecule has 2 heterocycles. The Bertz CT molecular complexity index is 449. The Kier molecular flexibility index (Phi) is 2.64. The molecule has 1 N–H and O–H groups in total. The molecule has 0 aromatic heterocycles. The molecule has 0 spiro atoms. The number of fused-ring (bicyclic) bond motifs is 2. The summed E-state index contributed by atoms with van der Waals surface area (Å²) in [6, 6.07) is 0. The van der Waals surface area contributed by atoms with Crippen LogP contribution in [0.5, 0.6) is 17.2 Å². The van der Waals surface area contributed by atoms with Crippen LogP contribution in [-0.2, 0) is 4.74 Å². The van der Waals surface area contributed by atoms with Gasteiger partial charge in [0.05, 0.1) is 6.10 Å². The molecule has 86 valence electrons. The van der Waals surface area contributed by atoms with Crippen molar-refractivity contribution in [3.63, 3.8) is 0 Å². The van der Waals surface area contributed by atoms with Crippen molar-refractivity contribution < 1.29 is 14.6 Å². The Hall–Kier alpha value is -1.48. The highest BCUT2D eigenvalue weighted by Gasteiger charge is 2.33. The lowest BCUT2D eigenvalue weighted by Crippen LogP contribution is -2.12. The third-order valence-electron chi connectivity index (χ3n) is 2.94. The number of phenols is 1. The molecule has 16 heavy (non-hydrogen) atoms. The average Bonchev–Trinajstić information content (AvgIpc) is 2.27. The molecule has 0 amide bonds. The van der Waals surface area contributed by atoms with Crippen LogP contribution in [0.3, 0.4) is 0 Å². The van der Waals surface area contributed by atoms with Crippen LogP contribution < -0.4 is 4.74 Å². The van der Waals surface area contributed by atoms with Gasteiger partial charge in [0.1, 0.15) is 0 Å². The second kappa shape index (κ2) is 3.83. The van der Waals surface area contributed by atoms with E-state index in [-0.39, 0.29) is 11.9 Å². The van der Waals surface area contributed by atoms with Crippen molar-refractivity contribution >= 4 is 6.08 Å². The Morgan fingerprint density at radius 2 is 2.19 bits per heavy atom. The van der Waals surface area contributed by atoms with E-state index in [1.54, 1.807) is 6.08 Å². The van der Waals surface area contributed by atoms with Gasteiger partial charge in [0.25, 0.3) is 0 Å². The molecule has 0 saturated carbocycles. The lowest BCUT2D eigenvalue weighted by atomic mass is 9.92. The molecule has 3 heteroatoms. The molecule has 0 saturated heterocycles. The standard InChI is InChI=1S/C13H16O3/c1-5-9-7(3)12-11(14)13(16-12)10(9)8(4)15-6-2/h5,8,14H,1,6H2,2-4H3. The molecule has 0 aliphatic carbocycles. The van der Waals surface area contributed by atoms with E-state index in [1.807, 2.05) is 20.8 Å². The first-order valence-electron chi connectivity index (χ1n) is 5.43. The first-order chi connectivity index (χ1) is 7.61. The Labute approximate surface area is 95.3 Å². The van der Waals surface area contributed by atoms with E-state index in [0.29, 0.717) is 18.1 Å². The summed E-state index contributed by atoms with van der Waals surface area (Å²) in [5.41, 5.74) is 2.82. The molecule has 2 bridgehead atoms. The predicted molar refractivity (Wildman–Crippen MR) is 63.0 cm³/mol. The summed E-state index contributed by atoms with van der Waals surface area (Å²) in [6.07, 6.45) is 1.68. The van der Waals surface area contributed by atoms with E-state index in [2.05, 4.69) is 6.58 Å². The molecule has 0 radical (unpaired) electrons. The van der Waals surface area contributed by atoms with Gasteiger partial charge in [0, 0.05) is 17.7 Å². The molecular formula is C13H16O3. The van der Waals surface area contributed by atoms with Crippen molar-refractivity contribution in [2.24, 2.45) is 0 Å².